The number of likely N-dealkylation sites (tertiary alicyclic amines) is 1. The fourth-order valence-electron chi connectivity index (χ4n) is 5.13. The van der Waals surface area contributed by atoms with E-state index in [1.807, 2.05) is 4.90 Å². The van der Waals surface area contributed by atoms with Crippen molar-refractivity contribution in [1.82, 2.24) is 9.80 Å². The fourth-order valence-corrected chi connectivity index (χ4v) is 5.13. The van der Waals surface area contributed by atoms with Gasteiger partial charge in [0.1, 0.15) is 0 Å². The van der Waals surface area contributed by atoms with E-state index in [-0.39, 0.29) is 0 Å². The minimum Gasteiger partial charge on any atom is -0.378 e. The topological polar surface area (TPSA) is 32.8 Å². The van der Waals surface area contributed by atoms with Crippen LogP contribution in [0.3, 0.4) is 0 Å². The summed E-state index contributed by atoms with van der Waals surface area (Å²) in [4.78, 5) is 17.3. The van der Waals surface area contributed by atoms with Gasteiger partial charge in [0.05, 0.1) is 13.2 Å². The van der Waals surface area contributed by atoms with Gasteiger partial charge >= 0.3 is 0 Å². The third-order valence-corrected chi connectivity index (χ3v) is 6.65. The van der Waals surface area contributed by atoms with Gasteiger partial charge in [0.2, 0.25) is 5.91 Å². The summed E-state index contributed by atoms with van der Waals surface area (Å²) in [5, 5.41) is 0. The molecule has 0 bridgehead atoms. The Morgan fingerprint density at radius 3 is 2.60 bits per heavy atom. The van der Waals surface area contributed by atoms with Crippen LogP contribution in [0.5, 0.6) is 0 Å². The molecule has 1 unspecified atom stereocenters. The number of benzene rings is 1. The Hall–Kier alpha value is -1.39. The Bertz CT molecular complexity index is 616. The van der Waals surface area contributed by atoms with Gasteiger partial charge in [-0.3, -0.25) is 4.79 Å². The van der Waals surface area contributed by atoms with Gasteiger partial charge in [-0.2, -0.15) is 0 Å². The summed E-state index contributed by atoms with van der Waals surface area (Å²) < 4.78 is 5.39. The molecule has 2 saturated heterocycles. The Kier molecular flexibility index (Phi) is 4.83. The van der Waals surface area contributed by atoms with Gasteiger partial charge in [-0.1, -0.05) is 31.2 Å². The van der Waals surface area contributed by atoms with Crippen LogP contribution in [0.2, 0.25) is 0 Å². The predicted octanol–water partition coefficient (Wildman–Crippen LogP) is 2.78. The zero-order chi connectivity index (χ0) is 17.3. The number of nitrogens with zero attached hydrogens (tertiary/aromatic N) is 2. The van der Waals surface area contributed by atoms with Crippen molar-refractivity contribution in [3.63, 3.8) is 0 Å². The first-order valence-electron chi connectivity index (χ1n) is 9.89. The Morgan fingerprint density at radius 2 is 1.88 bits per heavy atom. The molecule has 1 aromatic carbocycles. The van der Waals surface area contributed by atoms with E-state index < -0.39 is 0 Å². The zero-order valence-electron chi connectivity index (χ0n) is 15.4. The highest BCUT2D eigenvalue weighted by molar-refractivity contribution is 5.77. The van der Waals surface area contributed by atoms with Gasteiger partial charge in [-0.15, -0.1) is 0 Å². The number of morpholine rings is 1. The van der Waals surface area contributed by atoms with Crippen molar-refractivity contribution >= 4 is 5.91 Å². The first-order valence-corrected chi connectivity index (χ1v) is 9.89. The lowest BCUT2D eigenvalue weighted by Gasteiger charge is -2.40. The van der Waals surface area contributed by atoms with Crippen molar-refractivity contribution in [2.75, 3.05) is 45.9 Å². The predicted molar refractivity (Wildman–Crippen MR) is 98.8 cm³/mol. The lowest BCUT2D eigenvalue weighted by atomic mass is 9.73. The third kappa shape index (κ3) is 3.22. The Balaban J connectivity index is 1.51. The van der Waals surface area contributed by atoms with Crippen LogP contribution in [-0.2, 0) is 14.9 Å². The highest BCUT2D eigenvalue weighted by atomic mass is 16.5. The van der Waals surface area contributed by atoms with Crippen molar-refractivity contribution in [3.8, 4) is 0 Å². The molecule has 2 heterocycles. The van der Waals surface area contributed by atoms with Gasteiger partial charge in [0, 0.05) is 19.5 Å². The molecule has 136 valence electrons. The summed E-state index contributed by atoms with van der Waals surface area (Å²) in [6.45, 7) is 8.66. The molecule has 1 spiro atoms. The highest BCUT2D eigenvalue weighted by Gasteiger charge is 2.45. The third-order valence-electron chi connectivity index (χ3n) is 6.65. The van der Waals surface area contributed by atoms with Gasteiger partial charge in [0.25, 0.3) is 0 Å². The molecule has 3 aliphatic rings. The van der Waals surface area contributed by atoms with Gasteiger partial charge in [0.15, 0.2) is 0 Å². The second-order valence-corrected chi connectivity index (χ2v) is 7.90. The molecule has 1 aromatic rings. The average molecular weight is 342 g/mol. The van der Waals surface area contributed by atoms with E-state index in [2.05, 4.69) is 36.1 Å². The SMILES string of the molecule is CCN1CCC2(CC1)CC(CC(=O)N1CCOCC1)c1ccccc12. The van der Waals surface area contributed by atoms with E-state index in [0.29, 0.717) is 36.9 Å². The maximum absolute atomic E-state index is 12.8. The molecule has 1 amide bonds. The van der Waals surface area contributed by atoms with E-state index >= 15 is 0 Å². The Labute approximate surface area is 151 Å². The number of amides is 1. The molecule has 2 fully saturated rings. The van der Waals surface area contributed by atoms with E-state index in [0.717, 1.165) is 26.1 Å². The minimum absolute atomic E-state index is 0.304. The van der Waals surface area contributed by atoms with Crippen LogP contribution >= 0.6 is 0 Å². The van der Waals surface area contributed by atoms with Crippen LogP contribution in [0.1, 0.15) is 49.7 Å². The largest absolute Gasteiger partial charge is 0.378 e. The molecule has 1 aliphatic carbocycles. The normalized spacial score (nSPS) is 26.0. The van der Waals surface area contributed by atoms with Crippen molar-refractivity contribution in [2.24, 2.45) is 0 Å². The summed E-state index contributed by atoms with van der Waals surface area (Å²) in [6.07, 6.45) is 4.29. The molecule has 4 heteroatoms. The fraction of sp³-hybridized carbons (Fsp3) is 0.667. The lowest BCUT2D eigenvalue weighted by molar-refractivity contribution is -0.135. The summed E-state index contributed by atoms with van der Waals surface area (Å²) in [5.41, 5.74) is 3.28. The first-order chi connectivity index (χ1) is 12.2. The molecule has 0 N–H and O–H groups in total. The van der Waals surface area contributed by atoms with E-state index in [1.54, 1.807) is 0 Å². The van der Waals surface area contributed by atoms with Crippen LogP contribution in [0.4, 0.5) is 0 Å². The molecule has 1 atom stereocenters. The molecule has 4 rings (SSSR count). The molecular weight excluding hydrogens is 312 g/mol. The van der Waals surface area contributed by atoms with E-state index in [9.17, 15) is 4.79 Å². The number of carbonyl (C=O) groups excluding carboxylic acids is 1. The average Bonchev–Trinajstić information content (AvgIpc) is 2.97. The van der Waals surface area contributed by atoms with Gasteiger partial charge in [-0.25, -0.2) is 0 Å². The number of piperidine rings is 1. The number of hydrogen-bond donors (Lipinski definition) is 0. The first kappa shape index (κ1) is 17.0. The number of fused-ring (bicyclic) bond motifs is 2. The standard InChI is InChI=1S/C21H30N2O2/c1-2-22-9-7-21(8-10-22)16-17(18-5-3-4-6-19(18)21)15-20(24)23-11-13-25-14-12-23/h3-6,17H,2,7-16H2,1H3. The number of hydrogen-bond acceptors (Lipinski definition) is 3. The second-order valence-electron chi connectivity index (χ2n) is 7.90. The number of carbonyl (C=O) groups is 1. The van der Waals surface area contributed by atoms with E-state index in [4.69, 9.17) is 4.74 Å². The highest BCUT2D eigenvalue weighted by Crippen LogP contribution is 2.52. The van der Waals surface area contributed by atoms with Crippen LogP contribution in [0.15, 0.2) is 24.3 Å². The summed E-state index contributed by atoms with van der Waals surface area (Å²) in [5.74, 6) is 0.700. The quantitative estimate of drug-likeness (QED) is 0.847. The zero-order valence-corrected chi connectivity index (χ0v) is 15.4. The van der Waals surface area contributed by atoms with E-state index in [1.165, 1.54) is 37.1 Å². The smallest absolute Gasteiger partial charge is 0.223 e. The monoisotopic (exact) mass is 342 g/mol. The number of ether oxygens (including phenoxy) is 1. The van der Waals surface area contributed by atoms with Crippen LogP contribution in [0.25, 0.3) is 0 Å². The van der Waals surface area contributed by atoms with Gasteiger partial charge < -0.3 is 14.5 Å². The lowest BCUT2D eigenvalue weighted by Crippen LogP contribution is -2.42. The van der Waals surface area contributed by atoms with Gasteiger partial charge in [-0.05, 0) is 61.4 Å². The molecular formula is C21H30N2O2. The molecule has 0 radical (unpaired) electrons. The number of rotatable bonds is 3. The summed E-state index contributed by atoms with van der Waals surface area (Å²) >= 11 is 0. The van der Waals surface area contributed by atoms with Crippen LogP contribution in [-0.4, -0.2) is 61.6 Å². The second kappa shape index (κ2) is 7.08. The van der Waals surface area contributed by atoms with Crippen LogP contribution < -0.4 is 0 Å². The molecule has 2 aliphatic heterocycles. The maximum atomic E-state index is 12.8. The minimum atomic E-state index is 0.304. The molecule has 4 nitrogen and oxygen atoms in total. The van der Waals surface area contributed by atoms with Crippen molar-refractivity contribution in [2.45, 2.75) is 43.9 Å². The molecule has 25 heavy (non-hydrogen) atoms. The maximum Gasteiger partial charge on any atom is 0.223 e. The summed E-state index contributed by atoms with van der Waals surface area (Å²) in [7, 11) is 0. The van der Waals surface area contributed by atoms with Crippen molar-refractivity contribution in [3.05, 3.63) is 35.4 Å². The molecule has 0 saturated carbocycles. The van der Waals surface area contributed by atoms with Crippen molar-refractivity contribution in [1.29, 1.82) is 0 Å². The van der Waals surface area contributed by atoms with Crippen LogP contribution in [0, 0.1) is 0 Å². The Morgan fingerprint density at radius 1 is 1.16 bits per heavy atom. The summed E-state index contributed by atoms with van der Waals surface area (Å²) in [6, 6.07) is 8.92. The van der Waals surface area contributed by atoms with Crippen molar-refractivity contribution < 1.29 is 9.53 Å². The molecule has 0 aromatic heterocycles.